The number of nitrogens with zero attached hydrogens (tertiary/aromatic N) is 3. The molecule has 0 saturated carbocycles. The van der Waals surface area contributed by atoms with Crippen molar-refractivity contribution in [1.82, 2.24) is 19.9 Å². The highest BCUT2D eigenvalue weighted by Crippen LogP contribution is 2.24. The van der Waals surface area contributed by atoms with E-state index in [2.05, 4.69) is 45.2 Å². The molecule has 0 aliphatic rings. The highest BCUT2D eigenvalue weighted by atomic mass is 32.2. The van der Waals surface area contributed by atoms with Crippen molar-refractivity contribution in [2.24, 2.45) is 0 Å². The minimum absolute atomic E-state index is 0.0256. The molecule has 0 radical (unpaired) electrons. The number of thioether (sulfide) groups is 1. The number of nitrogens with one attached hydrogen (secondary N) is 1. The van der Waals surface area contributed by atoms with Crippen LogP contribution in [0.3, 0.4) is 0 Å². The fraction of sp³-hybridized carbons (Fsp3) is 0.174. The van der Waals surface area contributed by atoms with Crippen LogP contribution in [-0.2, 0) is 24.3 Å². The van der Waals surface area contributed by atoms with Crippen LogP contribution in [0.4, 0.5) is 0 Å². The first-order valence-electron chi connectivity index (χ1n) is 9.58. The van der Waals surface area contributed by atoms with Gasteiger partial charge in [-0.3, -0.25) is 9.78 Å². The van der Waals surface area contributed by atoms with Crippen LogP contribution in [0, 0.1) is 0 Å². The molecule has 5 nitrogen and oxygen atoms in total. The number of pyridine rings is 1. The van der Waals surface area contributed by atoms with Gasteiger partial charge in [-0.1, -0.05) is 60.3 Å². The molecule has 0 fully saturated rings. The van der Waals surface area contributed by atoms with Crippen LogP contribution in [0.25, 0.3) is 11.0 Å². The van der Waals surface area contributed by atoms with Gasteiger partial charge in [0.25, 0.3) is 0 Å². The van der Waals surface area contributed by atoms with Gasteiger partial charge in [-0.2, -0.15) is 0 Å². The Hall–Kier alpha value is -3.12. The lowest BCUT2D eigenvalue weighted by Crippen LogP contribution is -2.25. The molecule has 146 valence electrons. The molecule has 29 heavy (non-hydrogen) atoms. The van der Waals surface area contributed by atoms with Gasteiger partial charge in [0.1, 0.15) is 0 Å². The molecule has 0 aliphatic heterocycles. The Labute approximate surface area is 174 Å². The molecule has 0 unspecified atom stereocenters. The van der Waals surface area contributed by atoms with E-state index in [1.54, 1.807) is 6.20 Å². The summed E-state index contributed by atoms with van der Waals surface area (Å²) >= 11 is 1.47. The largest absolute Gasteiger partial charge is 0.350 e. The van der Waals surface area contributed by atoms with Gasteiger partial charge in [-0.05, 0) is 36.2 Å². The Morgan fingerprint density at radius 1 is 0.966 bits per heavy atom. The molecular weight excluding hydrogens is 380 g/mol. The van der Waals surface area contributed by atoms with Gasteiger partial charge in [-0.25, -0.2) is 4.98 Å². The Morgan fingerprint density at radius 3 is 2.59 bits per heavy atom. The van der Waals surface area contributed by atoms with E-state index in [4.69, 9.17) is 4.98 Å². The normalized spacial score (nSPS) is 10.9. The second-order valence-electron chi connectivity index (χ2n) is 6.66. The number of carbonyl (C=O) groups excluding carboxylic acids is 1. The molecule has 0 aliphatic carbocycles. The molecule has 4 rings (SSSR count). The SMILES string of the molecule is O=C(CSc1nc2ccccc2n1CCc1ccccc1)NCc1ccccn1. The number of imidazole rings is 1. The van der Waals surface area contributed by atoms with E-state index >= 15 is 0 Å². The third-order valence-corrected chi connectivity index (χ3v) is 5.59. The fourth-order valence-corrected chi connectivity index (χ4v) is 4.01. The zero-order valence-corrected chi connectivity index (χ0v) is 16.8. The van der Waals surface area contributed by atoms with Crippen LogP contribution >= 0.6 is 11.8 Å². The number of aromatic nitrogens is 3. The van der Waals surface area contributed by atoms with Gasteiger partial charge in [-0.15, -0.1) is 0 Å². The lowest BCUT2D eigenvalue weighted by atomic mass is 10.1. The number of rotatable bonds is 8. The van der Waals surface area contributed by atoms with E-state index in [0.29, 0.717) is 12.3 Å². The molecule has 2 aromatic heterocycles. The summed E-state index contributed by atoms with van der Waals surface area (Å²) in [5, 5.41) is 3.79. The summed E-state index contributed by atoms with van der Waals surface area (Å²) in [6.45, 7) is 1.26. The van der Waals surface area contributed by atoms with Crippen LogP contribution in [-0.4, -0.2) is 26.2 Å². The number of para-hydroxylation sites is 2. The smallest absolute Gasteiger partial charge is 0.230 e. The Bertz CT molecular complexity index is 1080. The van der Waals surface area contributed by atoms with Crippen LogP contribution in [0.15, 0.2) is 84.1 Å². The second-order valence-corrected chi connectivity index (χ2v) is 7.60. The number of aryl methyl sites for hydroxylation is 2. The summed E-state index contributed by atoms with van der Waals surface area (Å²) in [6, 6.07) is 24.2. The van der Waals surface area contributed by atoms with Crippen molar-refractivity contribution in [3.05, 3.63) is 90.3 Å². The van der Waals surface area contributed by atoms with Crippen molar-refractivity contribution in [3.8, 4) is 0 Å². The lowest BCUT2D eigenvalue weighted by Gasteiger charge is -2.09. The van der Waals surface area contributed by atoms with Crippen molar-refractivity contribution in [1.29, 1.82) is 0 Å². The Kier molecular flexibility index (Phi) is 6.22. The number of benzene rings is 2. The summed E-state index contributed by atoms with van der Waals surface area (Å²) < 4.78 is 2.21. The standard InChI is InChI=1S/C23H22N4OS/c28-22(25-16-19-10-6-7-14-24-19)17-29-23-26-20-11-4-5-12-21(20)27(23)15-13-18-8-2-1-3-9-18/h1-12,14H,13,15-17H2,(H,25,28). The maximum Gasteiger partial charge on any atom is 0.230 e. The predicted octanol–water partition coefficient (Wildman–Crippen LogP) is 4.08. The van der Waals surface area contributed by atoms with Crippen LogP contribution < -0.4 is 5.32 Å². The van der Waals surface area contributed by atoms with Gasteiger partial charge in [0.2, 0.25) is 5.91 Å². The molecule has 0 atom stereocenters. The average Bonchev–Trinajstić information content (AvgIpc) is 3.14. The van der Waals surface area contributed by atoms with Crippen LogP contribution in [0.5, 0.6) is 0 Å². The molecule has 0 spiro atoms. The number of hydrogen-bond acceptors (Lipinski definition) is 4. The van der Waals surface area contributed by atoms with Gasteiger partial charge < -0.3 is 9.88 Å². The first-order chi connectivity index (χ1) is 14.3. The Morgan fingerprint density at radius 2 is 1.76 bits per heavy atom. The molecular formula is C23H22N4OS. The topological polar surface area (TPSA) is 59.8 Å². The highest BCUT2D eigenvalue weighted by Gasteiger charge is 2.13. The summed E-state index contributed by atoms with van der Waals surface area (Å²) in [5.74, 6) is 0.295. The lowest BCUT2D eigenvalue weighted by molar-refractivity contribution is -0.118. The van der Waals surface area contributed by atoms with Crippen molar-refractivity contribution in [2.75, 3.05) is 5.75 Å². The fourth-order valence-electron chi connectivity index (χ4n) is 3.14. The molecule has 2 aromatic carbocycles. The third kappa shape index (κ3) is 5.03. The van der Waals surface area contributed by atoms with E-state index in [0.717, 1.165) is 34.8 Å². The Balaban J connectivity index is 1.43. The molecule has 4 aromatic rings. The van der Waals surface area contributed by atoms with Crippen molar-refractivity contribution in [3.63, 3.8) is 0 Å². The van der Waals surface area contributed by atoms with Crippen LogP contribution in [0.1, 0.15) is 11.3 Å². The summed E-state index contributed by atoms with van der Waals surface area (Å²) in [4.78, 5) is 21.3. The minimum atomic E-state index is -0.0256. The zero-order chi connectivity index (χ0) is 19.9. The van der Waals surface area contributed by atoms with E-state index in [1.165, 1.54) is 17.3 Å². The van der Waals surface area contributed by atoms with Crippen molar-refractivity contribution >= 4 is 28.7 Å². The van der Waals surface area contributed by atoms with Crippen LogP contribution in [0.2, 0.25) is 0 Å². The molecule has 0 bridgehead atoms. The number of carbonyl (C=O) groups is 1. The van der Waals surface area contributed by atoms with Crippen molar-refractivity contribution in [2.45, 2.75) is 24.7 Å². The van der Waals surface area contributed by atoms with Gasteiger partial charge in [0.15, 0.2) is 5.16 Å². The van der Waals surface area contributed by atoms with Gasteiger partial charge >= 0.3 is 0 Å². The van der Waals surface area contributed by atoms with E-state index in [-0.39, 0.29) is 5.91 Å². The summed E-state index contributed by atoms with van der Waals surface area (Å²) in [5.41, 5.74) is 4.19. The van der Waals surface area contributed by atoms with E-state index in [9.17, 15) is 4.79 Å². The predicted molar refractivity (Wildman–Crippen MR) is 117 cm³/mol. The zero-order valence-electron chi connectivity index (χ0n) is 16.0. The summed E-state index contributed by atoms with van der Waals surface area (Å²) in [6.07, 6.45) is 2.64. The third-order valence-electron chi connectivity index (χ3n) is 4.61. The van der Waals surface area contributed by atoms with Gasteiger partial charge in [0.05, 0.1) is 29.0 Å². The van der Waals surface area contributed by atoms with E-state index in [1.807, 2.05) is 42.5 Å². The molecule has 6 heteroatoms. The highest BCUT2D eigenvalue weighted by molar-refractivity contribution is 7.99. The summed E-state index contributed by atoms with van der Waals surface area (Å²) in [7, 11) is 0. The molecule has 2 heterocycles. The maximum absolute atomic E-state index is 12.3. The minimum Gasteiger partial charge on any atom is -0.350 e. The second kappa shape index (κ2) is 9.39. The molecule has 0 saturated heterocycles. The number of fused-ring (bicyclic) bond motifs is 1. The first-order valence-corrected chi connectivity index (χ1v) is 10.6. The monoisotopic (exact) mass is 402 g/mol. The number of hydrogen-bond donors (Lipinski definition) is 1. The average molecular weight is 403 g/mol. The molecule has 1 N–H and O–H groups in total. The maximum atomic E-state index is 12.3. The molecule has 1 amide bonds. The first kappa shape index (κ1) is 19.2. The van der Waals surface area contributed by atoms with Crippen molar-refractivity contribution < 1.29 is 4.79 Å². The van der Waals surface area contributed by atoms with Gasteiger partial charge in [0, 0.05) is 12.7 Å². The number of amides is 1. The van der Waals surface area contributed by atoms with E-state index < -0.39 is 0 Å². The quantitative estimate of drug-likeness (QED) is 0.451.